The van der Waals surface area contributed by atoms with Crippen LogP contribution in [0.5, 0.6) is 0 Å². The molecule has 1 aromatic carbocycles. The minimum absolute atomic E-state index is 0.0671. The molecule has 3 atom stereocenters. The molecule has 2 amide bonds. The standard InChI is InChI=1S/C23H30N2O5S/c1-11(2)14-9-8-10-15(12(3)4)16(14)18(27)24-23(13(5)26)20(30)25-17(19(28)29)22(6,7)31-21(23)25/h8-12,17,21H,1-7H3,(H,24,27)(H,28,29)/t17-,21+,23?/m0/s1. The molecule has 7 nitrogen and oxygen atoms in total. The summed E-state index contributed by atoms with van der Waals surface area (Å²) in [7, 11) is 0. The molecular formula is C23H30N2O5S. The molecule has 3 rings (SSSR count). The smallest absolute Gasteiger partial charge is 0.327 e. The molecule has 31 heavy (non-hydrogen) atoms. The van der Waals surface area contributed by atoms with E-state index in [0.29, 0.717) is 5.56 Å². The lowest BCUT2D eigenvalue weighted by Gasteiger charge is -2.51. The minimum Gasteiger partial charge on any atom is -0.480 e. The Hall–Kier alpha value is -2.35. The Kier molecular flexibility index (Phi) is 5.76. The van der Waals surface area contributed by atoms with Crippen molar-refractivity contribution in [2.24, 2.45) is 0 Å². The van der Waals surface area contributed by atoms with E-state index in [1.165, 1.54) is 23.6 Å². The summed E-state index contributed by atoms with van der Waals surface area (Å²) >= 11 is 1.24. The lowest BCUT2D eigenvalue weighted by molar-refractivity contribution is -0.170. The number of fused-ring (bicyclic) bond motifs is 1. The minimum atomic E-state index is -1.76. The summed E-state index contributed by atoms with van der Waals surface area (Å²) in [6, 6.07) is 4.61. The van der Waals surface area contributed by atoms with E-state index in [0.717, 1.165) is 11.1 Å². The van der Waals surface area contributed by atoms with Gasteiger partial charge in [0, 0.05) is 10.3 Å². The Morgan fingerprint density at radius 3 is 2.03 bits per heavy atom. The van der Waals surface area contributed by atoms with Crippen molar-refractivity contribution in [3.05, 3.63) is 34.9 Å². The maximum atomic E-state index is 13.6. The van der Waals surface area contributed by atoms with Gasteiger partial charge in [-0.05, 0) is 43.7 Å². The van der Waals surface area contributed by atoms with Crippen LogP contribution in [-0.2, 0) is 14.4 Å². The molecule has 1 unspecified atom stereocenters. The van der Waals surface area contributed by atoms with Crippen LogP contribution >= 0.6 is 11.8 Å². The van der Waals surface area contributed by atoms with Gasteiger partial charge >= 0.3 is 5.97 Å². The number of carboxylic acids is 1. The van der Waals surface area contributed by atoms with E-state index in [2.05, 4.69) is 5.32 Å². The number of aliphatic carboxylic acids is 1. The third kappa shape index (κ3) is 3.35. The Bertz CT molecular complexity index is 944. The van der Waals surface area contributed by atoms with E-state index in [4.69, 9.17) is 0 Å². The molecule has 0 spiro atoms. The predicted molar refractivity (Wildman–Crippen MR) is 119 cm³/mol. The summed E-state index contributed by atoms with van der Waals surface area (Å²) in [5, 5.41) is 11.7. The normalized spacial score (nSPS) is 26.6. The van der Waals surface area contributed by atoms with Crippen LogP contribution in [0.15, 0.2) is 18.2 Å². The summed E-state index contributed by atoms with van der Waals surface area (Å²) in [6.45, 7) is 12.7. The molecule has 1 aromatic rings. The largest absolute Gasteiger partial charge is 0.480 e. The number of ketones is 1. The van der Waals surface area contributed by atoms with Gasteiger partial charge in [-0.15, -0.1) is 11.8 Å². The van der Waals surface area contributed by atoms with Gasteiger partial charge in [-0.2, -0.15) is 0 Å². The third-order valence-corrected chi connectivity index (χ3v) is 7.88. The lowest BCUT2D eigenvalue weighted by Crippen LogP contribution is -2.82. The van der Waals surface area contributed by atoms with E-state index in [1.54, 1.807) is 13.8 Å². The molecule has 2 aliphatic rings. The van der Waals surface area contributed by atoms with Crippen LogP contribution in [0.1, 0.15) is 81.8 Å². The fraction of sp³-hybridized carbons (Fsp3) is 0.565. The number of rotatable bonds is 6. The van der Waals surface area contributed by atoms with Gasteiger partial charge in [0.2, 0.25) is 5.54 Å². The number of hydrogen-bond donors (Lipinski definition) is 2. The van der Waals surface area contributed by atoms with E-state index in [1.807, 2.05) is 45.9 Å². The van der Waals surface area contributed by atoms with Crippen LogP contribution in [0, 0.1) is 0 Å². The number of Topliss-reactive ketones (excluding diaryl/α,β-unsaturated/α-hetero) is 1. The van der Waals surface area contributed by atoms with Crippen molar-refractivity contribution in [3.63, 3.8) is 0 Å². The first-order chi connectivity index (χ1) is 14.3. The number of β-lactam (4-membered cyclic amide) rings is 1. The van der Waals surface area contributed by atoms with Crippen LogP contribution in [0.25, 0.3) is 0 Å². The first-order valence-electron chi connectivity index (χ1n) is 10.5. The van der Waals surface area contributed by atoms with E-state index in [-0.39, 0.29) is 11.8 Å². The molecule has 2 aliphatic heterocycles. The number of carbonyl (C=O) groups is 4. The molecule has 0 bridgehead atoms. The van der Waals surface area contributed by atoms with Crippen LogP contribution in [-0.4, -0.2) is 55.3 Å². The first-order valence-corrected chi connectivity index (χ1v) is 11.3. The molecule has 2 fully saturated rings. The first kappa shape index (κ1) is 23.3. The highest BCUT2D eigenvalue weighted by Gasteiger charge is 2.74. The summed E-state index contributed by atoms with van der Waals surface area (Å²) in [6.07, 6.45) is 0. The number of hydrogen-bond acceptors (Lipinski definition) is 5. The Morgan fingerprint density at radius 1 is 1.10 bits per heavy atom. The zero-order valence-corrected chi connectivity index (χ0v) is 19.8. The van der Waals surface area contributed by atoms with Crippen molar-refractivity contribution in [2.45, 2.75) is 82.0 Å². The zero-order chi connectivity index (χ0) is 23.5. The fourth-order valence-electron chi connectivity index (χ4n) is 4.64. The molecule has 0 aliphatic carbocycles. The number of amides is 2. The van der Waals surface area contributed by atoms with Gasteiger partial charge in [-0.3, -0.25) is 14.4 Å². The van der Waals surface area contributed by atoms with E-state index >= 15 is 0 Å². The number of nitrogens with one attached hydrogen (secondary N) is 1. The van der Waals surface area contributed by atoms with Crippen LogP contribution in [0.4, 0.5) is 0 Å². The van der Waals surface area contributed by atoms with Gasteiger partial charge < -0.3 is 15.3 Å². The van der Waals surface area contributed by atoms with Gasteiger partial charge in [0.15, 0.2) is 5.78 Å². The lowest BCUT2D eigenvalue weighted by atomic mass is 9.80. The highest BCUT2D eigenvalue weighted by atomic mass is 32.2. The van der Waals surface area contributed by atoms with Crippen LogP contribution in [0.3, 0.4) is 0 Å². The quantitative estimate of drug-likeness (QED) is 0.514. The monoisotopic (exact) mass is 446 g/mol. The molecule has 0 aromatic heterocycles. The Morgan fingerprint density at radius 2 is 1.61 bits per heavy atom. The second kappa shape index (κ2) is 7.65. The third-order valence-electron chi connectivity index (χ3n) is 6.25. The second-order valence-corrected chi connectivity index (χ2v) is 11.2. The topological polar surface area (TPSA) is 104 Å². The van der Waals surface area contributed by atoms with Crippen molar-refractivity contribution >= 4 is 35.3 Å². The molecule has 2 saturated heterocycles. The van der Waals surface area contributed by atoms with Gasteiger partial charge in [0.25, 0.3) is 11.8 Å². The van der Waals surface area contributed by atoms with E-state index in [9.17, 15) is 24.3 Å². The highest BCUT2D eigenvalue weighted by Crippen LogP contribution is 2.55. The van der Waals surface area contributed by atoms with Crippen molar-refractivity contribution in [1.29, 1.82) is 0 Å². The van der Waals surface area contributed by atoms with E-state index < -0.39 is 45.3 Å². The van der Waals surface area contributed by atoms with Crippen LogP contribution < -0.4 is 5.32 Å². The molecule has 2 N–H and O–H groups in total. The van der Waals surface area contributed by atoms with Crippen LogP contribution in [0.2, 0.25) is 0 Å². The summed E-state index contributed by atoms with van der Waals surface area (Å²) < 4.78 is -0.799. The maximum absolute atomic E-state index is 13.6. The molecule has 2 heterocycles. The zero-order valence-electron chi connectivity index (χ0n) is 19.0. The van der Waals surface area contributed by atoms with Gasteiger partial charge in [0.05, 0.1) is 0 Å². The molecule has 0 saturated carbocycles. The highest BCUT2D eigenvalue weighted by molar-refractivity contribution is 8.01. The fourth-order valence-corrected chi connectivity index (χ4v) is 6.39. The van der Waals surface area contributed by atoms with Gasteiger partial charge in [0.1, 0.15) is 11.4 Å². The van der Waals surface area contributed by atoms with Crippen molar-refractivity contribution in [1.82, 2.24) is 10.2 Å². The number of nitrogens with zero attached hydrogens (tertiary/aromatic N) is 1. The summed E-state index contributed by atoms with van der Waals surface area (Å²) in [5.41, 5.74) is 0.404. The Labute approximate surface area is 186 Å². The number of carbonyl (C=O) groups excluding carboxylic acids is 3. The van der Waals surface area contributed by atoms with Gasteiger partial charge in [-0.1, -0.05) is 45.9 Å². The Balaban J connectivity index is 2.06. The molecular weight excluding hydrogens is 416 g/mol. The molecule has 0 radical (unpaired) electrons. The number of carboxylic acid groups (broad SMARTS) is 1. The van der Waals surface area contributed by atoms with Crippen molar-refractivity contribution in [3.8, 4) is 0 Å². The second-order valence-electron chi connectivity index (χ2n) is 9.47. The SMILES string of the molecule is CC(=O)C1(NC(=O)c2c(C(C)C)cccc2C(C)C)C(=O)N2[C@@H](C(=O)O)C(C)(C)S[C@@H]21. The van der Waals surface area contributed by atoms with Crippen molar-refractivity contribution < 1.29 is 24.3 Å². The molecule has 168 valence electrons. The number of thioether (sulfide) groups is 1. The van der Waals surface area contributed by atoms with Gasteiger partial charge in [-0.25, -0.2) is 4.79 Å². The molecule has 8 heteroatoms. The van der Waals surface area contributed by atoms with Crippen molar-refractivity contribution in [2.75, 3.05) is 0 Å². The maximum Gasteiger partial charge on any atom is 0.327 e. The predicted octanol–water partition coefficient (Wildman–Crippen LogP) is 3.14. The average molecular weight is 447 g/mol. The summed E-state index contributed by atoms with van der Waals surface area (Å²) in [5.74, 6) is -2.61. The average Bonchev–Trinajstić information content (AvgIpc) is 2.93. The number of benzene rings is 1. The summed E-state index contributed by atoms with van der Waals surface area (Å²) in [4.78, 5) is 52.6.